The smallest absolute Gasteiger partial charge is 0.217 e. The Hall–Kier alpha value is -0.790. The Balaban J connectivity index is 0. The number of hydrogen-bond donors (Lipinski definition) is 1. The summed E-state index contributed by atoms with van der Waals surface area (Å²) in [7, 11) is 0. The van der Waals surface area contributed by atoms with Gasteiger partial charge in [0.25, 0.3) is 0 Å². The fraction of sp³-hybridized carbons (Fsp3) is 0.842. The van der Waals surface area contributed by atoms with Crippen molar-refractivity contribution in [1.29, 1.82) is 0 Å². The first-order chi connectivity index (χ1) is 10.2. The van der Waals surface area contributed by atoms with Crippen LogP contribution in [0.25, 0.3) is 0 Å². The van der Waals surface area contributed by atoms with Gasteiger partial charge in [-0.15, -0.1) is 6.58 Å². The molecule has 2 nitrogen and oxygen atoms in total. The van der Waals surface area contributed by atoms with Crippen molar-refractivity contribution in [1.82, 2.24) is 0 Å². The number of allylic oxidation sites excluding steroid dienone is 1. The lowest BCUT2D eigenvalue weighted by atomic mass is 10.1. The van der Waals surface area contributed by atoms with E-state index in [1.54, 1.807) is 0 Å². The summed E-state index contributed by atoms with van der Waals surface area (Å²) in [5, 5.41) is 0. The third-order valence-electron chi connectivity index (χ3n) is 3.54. The monoisotopic (exact) mass is 297 g/mol. The largest absolute Gasteiger partial charge is 0.370 e. The SMILES string of the molecule is C=CCCCCCCC.CCCCCCCCCC(N)=O. The van der Waals surface area contributed by atoms with Crippen molar-refractivity contribution in [2.75, 3.05) is 0 Å². The third-order valence-corrected chi connectivity index (χ3v) is 3.54. The standard InChI is InChI=1S/C10H21NO.C9H18/c1-2-3-4-5-6-7-8-9-10(11)12;1-3-5-7-9-8-6-4-2/h2-9H2,1H3,(H2,11,12);3H,1,4-9H2,2H3. The van der Waals surface area contributed by atoms with E-state index < -0.39 is 0 Å². The molecule has 0 unspecified atom stereocenters. The van der Waals surface area contributed by atoms with Gasteiger partial charge >= 0.3 is 0 Å². The number of amides is 1. The number of carbonyl (C=O) groups excluding carboxylic acids is 1. The van der Waals surface area contributed by atoms with Crippen molar-refractivity contribution in [3.63, 3.8) is 0 Å². The number of rotatable bonds is 14. The molecule has 21 heavy (non-hydrogen) atoms. The summed E-state index contributed by atoms with van der Waals surface area (Å²) >= 11 is 0. The van der Waals surface area contributed by atoms with E-state index in [1.807, 2.05) is 6.08 Å². The zero-order chi connectivity index (χ0) is 16.2. The van der Waals surface area contributed by atoms with Crippen LogP contribution < -0.4 is 5.73 Å². The van der Waals surface area contributed by atoms with Crippen LogP contribution in [-0.2, 0) is 4.79 Å². The molecule has 0 spiro atoms. The predicted molar refractivity (Wildman–Crippen MR) is 95.4 cm³/mol. The molecule has 2 heteroatoms. The van der Waals surface area contributed by atoms with Crippen LogP contribution in [0.1, 0.15) is 104 Å². The summed E-state index contributed by atoms with van der Waals surface area (Å²) in [5.74, 6) is -0.163. The molecule has 0 aromatic rings. The molecule has 0 aliphatic carbocycles. The Labute approximate surface area is 133 Å². The molecule has 0 rings (SSSR count). The summed E-state index contributed by atoms with van der Waals surface area (Å²) < 4.78 is 0. The second-order valence-electron chi connectivity index (χ2n) is 5.83. The van der Waals surface area contributed by atoms with Gasteiger partial charge in [-0.2, -0.15) is 0 Å². The van der Waals surface area contributed by atoms with E-state index in [4.69, 9.17) is 5.73 Å². The summed E-state index contributed by atoms with van der Waals surface area (Å²) in [4.78, 5) is 10.4. The van der Waals surface area contributed by atoms with E-state index in [0.29, 0.717) is 6.42 Å². The second kappa shape index (κ2) is 21.5. The van der Waals surface area contributed by atoms with Gasteiger partial charge in [0.2, 0.25) is 5.91 Å². The van der Waals surface area contributed by atoms with Gasteiger partial charge < -0.3 is 5.73 Å². The van der Waals surface area contributed by atoms with Crippen molar-refractivity contribution in [3.05, 3.63) is 12.7 Å². The highest BCUT2D eigenvalue weighted by Gasteiger charge is 1.94. The second-order valence-corrected chi connectivity index (χ2v) is 5.83. The van der Waals surface area contributed by atoms with Gasteiger partial charge in [-0.05, 0) is 19.3 Å². The van der Waals surface area contributed by atoms with Gasteiger partial charge in [0.1, 0.15) is 0 Å². The van der Waals surface area contributed by atoms with Crippen molar-refractivity contribution in [3.8, 4) is 0 Å². The van der Waals surface area contributed by atoms with Crippen LogP contribution in [0.4, 0.5) is 0 Å². The lowest BCUT2D eigenvalue weighted by Crippen LogP contribution is -2.09. The Morgan fingerprint density at radius 1 is 0.810 bits per heavy atom. The Morgan fingerprint density at radius 2 is 1.24 bits per heavy atom. The van der Waals surface area contributed by atoms with Gasteiger partial charge in [0, 0.05) is 6.42 Å². The lowest BCUT2D eigenvalue weighted by molar-refractivity contribution is -0.118. The Morgan fingerprint density at radius 3 is 1.67 bits per heavy atom. The first-order valence-electron chi connectivity index (χ1n) is 9.08. The summed E-state index contributed by atoms with van der Waals surface area (Å²) in [6, 6.07) is 0. The fourth-order valence-electron chi connectivity index (χ4n) is 2.15. The van der Waals surface area contributed by atoms with Crippen LogP contribution in [0.2, 0.25) is 0 Å². The molecule has 0 aromatic heterocycles. The molecule has 0 radical (unpaired) electrons. The molecular formula is C19H39NO. The molecule has 0 saturated heterocycles. The molecule has 0 aromatic carbocycles. The van der Waals surface area contributed by atoms with Crippen LogP contribution in [0, 0.1) is 0 Å². The lowest BCUT2D eigenvalue weighted by Gasteiger charge is -1.98. The molecular weight excluding hydrogens is 258 g/mol. The number of hydrogen-bond acceptors (Lipinski definition) is 1. The van der Waals surface area contributed by atoms with E-state index in [0.717, 1.165) is 12.8 Å². The molecule has 1 amide bonds. The maximum Gasteiger partial charge on any atom is 0.217 e. The Kier molecular flexibility index (Phi) is 23.0. The molecule has 0 atom stereocenters. The fourth-order valence-corrected chi connectivity index (χ4v) is 2.15. The van der Waals surface area contributed by atoms with Crippen LogP contribution in [0.3, 0.4) is 0 Å². The highest BCUT2D eigenvalue weighted by atomic mass is 16.1. The van der Waals surface area contributed by atoms with E-state index in [9.17, 15) is 4.79 Å². The number of unbranched alkanes of at least 4 members (excludes halogenated alkanes) is 11. The van der Waals surface area contributed by atoms with Crippen molar-refractivity contribution < 1.29 is 4.79 Å². The van der Waals surface area contributed by atoms with Crippen molar-refractivity contribution in [2.45, 2.75) is 104 Å². The minimum Gasteiger partial charge on any atom is -0.370 e. The average Bonchev–Trinajstić information content (AvgIpc) is 2.47. The van der Waals surface area contributed by atoms with Crippen molar-refractivity contribution in [2.24, 2.45) is 5.73 Å². The zero-order valence-electron chi connectivity index (χ0n) is 14.7. The highest BCUT2D eigenvalue weighted by molar-refractivity contribution is 5.73. The van der Waals surface area contributed by atoms with Gasteiger partial charge in [0.05, 0.1) is 0 Å². The highest BCUT2D eigenvalue weighted by Crippen LogP contribution is 2.07. The minimum atomic E-state index is -0.163. The average molecular weight is 298 g/mol. The Bertz CT molecular complexity index is 214. The minimum absolute atomic E-state index is 0.163. The molecule has 0 heterocycles. The molecule has 0 aliphatic heterocycles. The van der Waals surface area contributed by atoms with Gasteiger partial charge in [-0.1, -0.05) is 84.1 Å². The summed E-state index contributed by atoms with van der Waals surface area (Å²) in [6.45, 7) is 8.14. The number of primary amides is 1. The molecule has 0 aliphatic rings. The van der Waals surface area contributed by atoms with Gasteiger partial charge in [0.15, 0.2) is 0 Å². The van der Waals surface area contributed by atoms with Crippen LogP contribution in [0.5, 0.6) is 0 Å². The molecule has 126 valence electrons. The van der Waals surface area contributed by atoms with E-state index in [-0.39, 0.29) is 5.91 Å². The van der Waals surface area contributed by atoms with E-state index >= 15 is 0 Å². The maximum absolute atomic E-state index is 10.4. The normalized spacial score (nSPS) is 9.81. The van der Waals surface area contributed by atoms with Crippen LogP contribution in [0.15, 0.2) is 12.7 Å². The predicted octanol–water partition coefficient (Wildman–Crippen LogP) is 6.15. The third kappa shape index (κ3) is 28.2. The van der Waals surface area contributed by atoms with Crippen LogP contribution in [-0.4, -0.2) is 5.91 Å². The molecule has 0 fully saturated rings. The first kappa shape index (κ1) is 22.5. The first-order valence-corrected chi connectivity index (χ1v) is 9.08. The summed E-state index contributed by atoms with van der Waals surface area (Å²) in [5.41, 5.74) is 5.02. The molecule has 0 bridgehead atoms. The van der Waals surface area contributed by atoms with Gasteiger partial charge in [-0.3, -0.25) is 4.79 Å². The molecule has 2 N–H and O–H groups in total. The summed E-state index contributed by atoms with van der Waals surface area (Å²) in [6.07, 6.45) is 19.3. The number of nitrogens with two attached hydrogens (primary N) is 1. The maximum atomic E-state index is 10.4. The molecule has 0 saturated carbocycles. The zero-order valence-corrected chi connectivity index (χ0v) is 14.7. The topological polar surface area (TPSA) is 43.1 Å². The van der Waals surface area contributed by atoms with Gasteiger partial charge in [-0.25, -0.2) is 0 Å². The van der Waals surface area contributed by atoms with E-state index in [2.05, 4.69) is 20.4 Å². The number of carbonyl (C=O) groups is 1. The quantitative estimate of drug-likeness (QED) is 0.303. The van der Waals surface area contributed by atoms with Crippen LogP contribution >= 0.6 is 0 Å². The van der Waals surface area contributed by atoms with E-state index in [1.165, 1.54) is 70.6 Å². The van der Waals surface area contributed by atoms with Crippen molar-refractivity contribution >= 4 is 5.91 Å².